The molecule has 0 saturated heterocycles. The summed E-state index contributed by atoms with van der Waals surface area (Å²) in [6, 6.07) is 9.04. The van der Waals surface area contributed by atoms with Crippen molar-refractivity contribution in [1.82, 2.24) is 15.0 Å². The van der Waals surface area contributed by atoms with Crippen LogP contribution in [0.25, 0.3) is 0 Å². The first-order valence-corrected chi connectivity index (χ1v) is 10.1. The van der Waals surface area contributed by atoms with Crippen LogP contribution in [0, 0.1) is 10.1 Å². The largest absolute Gasteiger partial charge is 0.467 e. The van der Waals surface area contributed by atoms with Crippen LogP contribution in [0.4, 0.5) is 17.3 Å². The molecule has 0 aliphatic rings. The molecule has 0 saturated carbocycles. The van der Waals surface area contributed by atoms with Gasteiger partial charge in [0.1, 0.15) is 12.1 Å². The summed E-state index contributed by atoms with van der Waals surface area (Å²) in [6.45, 7) is 2.73. The lowest BCUT2D eigenvalue weighted by atomic mass is 10.2. The molecule has 3 rings (SSSR count). The van der Waals surface area contributed by atoms with E-state index in [0.29, 0.717) is 18.7 Å². The summed E-state index contributed by atoms with van der Waals surface area (Å²) < 4.78 is 10.4. The second-order valence-electron chi connectivity index (χ2n) is 6.71. The van der Waals surface area contributed by atoms with Crippen molar-refractivity contribution >= 4 is 23.3 Å². The van der Waals surface area contributed by atoms with Crippen molar-refractivity contribution < 1.29 is 18.9 Å². The summed E-state index contributed by atoms with van der Waals surface area (Å²) in [5.74, 6) is 0.358. The standard InChI is InChI=1S/C21H24N6O5/c1-2-31-18(28)9-12-26(14-17-7-5-13-32-17)21-19(27(29)30)20(24-15-25-21)23-11-8-16-6-3-4-10-22-16/h3-7,10,13,15H,2,8-9,11-12,14H2,1H3,(H,23,24,25). The number of esters is 1. The number of hydrogen-bond acceptors (Lipinski definition) is 10. The predicted molar refractivity (Wildman–Crippen MR) is 116 cm³/mol. The number of nitro groups is 1. The van der Waals surface area contributed by atoms with E-state index in [9.17, 15) is 14.9 Å². The summed E-state index contributed by atoms with van der Waals surface area (Å²) in [7, 11) is 0. The van der Waals surface area contributed by atoms with Gasteiger partial charge in [-0.15, -0.1) is 0 Å². The molecule has 0 aliphatic heterocycles. The van der Waals surface area contributed by atoms with E-state index in [1.165, 1.54) is 12.6 Å². The molecule has 0 aliphatic carbocycles. The number of anilines is 2. The molecule has 3 aromatic heterocycles. The number of nitrogens with one attached hydrogen (secondary N) is 1. The lowest BCUT2D eigenvalue weighted by Crippen LogP contribution is -2.28. The third-order valence-electron chi connectivity index (χ3n) is 4.50. The molecule has 0 unspecified atom stereocenters. The van der Waals surface area contributed by atoms with E-state index in [1.54, 1.807) is 30.2 Å². The number of carbonyl (C=O) groups excluding carboxylic acids is 1. The van der Waals surface area contributed by atoms with E-state index in [4.69, 9.17) is 9.15 Å². The maximum atomic E-state index is 12.0. The average molecular weight is 440 g/mol. The van der Waals surface area contributed by atoms with Crippen LogP contribution in [0.15, 0.2) is 53.5 Å². The number of hydrogen-bond donors (Lipinski definition) is 1. The van der Waals surface area contributed by atoms with Gasteiger partial charge >= 0.3 is 11.7 Å². The Morgan fingerprint density at radius 2 is 2.12 bits per heavy atom. The number of pyridine rings is 1. The molecule has 32 heavy (non-hydrogen) atoms. The fraction of sp³-hybridized carbons (Fsp3) is 0.333. The number of aromatic nitrogens is 3. The molecule has 0 fully saturated rings. The van der Waals surface area contributed by atoms with Crippen molar-refractivity contribution in [3.63, 3.8) is 0 Å². The molecule has 0 spiro atoms. The Morgan fingerprint density at radius 3 is 2.81 bits per heavy atom. The lowest BCUT2D eigenvalue weighted by Gasteiger charge is -2.22. The average Bonchev–Trinajstić information content (AvgIpc) is 3.30. The molecule has 0 aromatic carbocycles. The highest BCUT2D eigenvalue weighted by Crippen LogP contribution is 2.32. The Balaban J connectivity index is 1.82. The van der Waals surface area contributed by atoms with E-state index in [2.05, 4.69) is 20.3 Å². The van der Waals surface area contributed by atoms with Crippen LogP contribution in [0.3, 0.4) is 0 Å². The topological polar surface area (TPSA) is 137 Å². The number of furan rings is 1. The summed E-state index contributed by atoms with van der Waals surface area (Å²) in [6.07, 6.45) is 5.06. The van der Waals surface area contributed by atoms with Gasteiger partial charge in [0.25, 0.3) is 0 Å². The van der Waals surface area contributed by atoms with Gasteiger partial charge in [-0.1, -0.05) is 6.07 Å². The van der Waals surface area contributed by atoms with Gasteiger partial charge in [-0.2, -0.15) is 0 Å². The summed E-state index contributed by atoms with van der Waals surface area (Å²) in [5.41, 5.74) is 0.578. The molecule has 0 atom stereocenters. The van der Waals surface area contributed by atoms with Crippen molar-refractivity contribution in [3.8, 4) is 0 Å². The van der Waals surface area contributed by atoms with E-state index in [1.807, 2.05) is 18.2 Å². The number of carbonyl (C=O) groups is 1. The van der Waals surface area contributed by atoms with Crippen molar-refractivity contribution in [2.24, 2.45) is 0 Å². The maximum absolute atomic E-state index is 12.0. The summed E-state index contributed by atoms with van der Waals surface area (Å²) in [5, 5.41) is 15.0. The highest BCUT2D eigenvalue weighted by atomic mass is 16.6. The molecular formula is C21H24N6O5. The van der Waals surface area contributed by atoms with Crippen LogP contribution in [-0.2, 0) is 22.5 Å². The van der Waals surface area contributed by atoms with Crippen LogP contribution in [-0.4, -0.2) is 45.5 Å². The molecule has 0 radical (unpaired) electrons. The van der Waals surface area contributed by atoms with Gasteiger partial charge < -0.3 is 19.4 Å². The molecule has 168 valence electrons. The SMILES string of the molecule is CCOC(=O)CCN(Cc1ccco1)c1ncnc(NCCc2ccccn2)c1[N+](=O)[O-]. The Labute approximate surface area is 184 Å². The van der Waals surface area contributed by atoms with E-state index < -0.39 is 10.9 Å². The van der Waals surface area contributed by atoms with Crippen molar-refractivity contribution in [3.05, 3.63) is 70.7 Å². The van der Waals surface area contributed by atoms with E-state index >= 15 is 0 Å². The summed E-state index contributed by atoms with van der Waals surface area (Å²) in [4.78, 5) is 37.4. The maximum Gasteiger partial charge on any atom is 0.353 e. The molecule has 1 N–H and O–H groups in total. The van der Waals surface area contributed by atoms with Gasteiger partial charge in [0.2, 0.25) is 11.6 Å². The zero-order chi connectivity index (χ0) is 22.8. The monoisotopic (exact) mass is 440 g/mol. The number of rotatable bonds is 12. The minimum absolute atomic E-state index is 0.0398. The Morgan fingerprint density at radius 1 is 1.25 bits per heavy atom. The van der Waals surface area contributed by atoms with Gasteiger partial charge in [0.15, 0.2) is 0 Å². The highest BCUT2D eigenvalue weighted by Gasteiger charge is 2.28. The fourth-order valence-electron chi connectivity index (χ4n) is 3.06. The highest BCUT2D eigenvalue weighted by molar-refractivity contribution is 5.73. The van der Waals surface area contributed by atoms with Crippen LogP contribution < -0.4 is 10.2 Å². The molecule has 3 heterocycles. The zero-order valence-electron chi connectivity index (χ0n) is 17.6. The molecular weight excluding hydrogens is 416 g/mol. The lowest BCUT2D eigenvalue weighted by molar-refractivity contribution is -0.383. The first-order chi connectivity index (χ1) is 15.6. The van der Waals surface area contributed by atoms with Gasteiger partial charge in [-0.25, -0.2) is 9.97 Å². The third kappa shape index (κ3) is 6.24. The quantitative estimate of drug-likeness (QED) is 0.254. The second kappa shape index (κ2) is 11.4. The van der Waals surface area contributed by atoms with Gasteiger partial charge in [-0.3, -0.25) is 19.9 Å². The normalized spacial score (nSPS) is 10.5. The summed E-state index contributed by atoms with van der Waals surface area (Å²) >= 11 is 0. The predicted octanol–water partition coefficient (Wildman–Crippen LogP) is 2.99. The Hall–Kier alpha value is -4.02. The van der Waals surface area contributed by atoms with E-state index in [-0.39, 0.29) is 43.4 Å². The molecule has 0 bridgehead atoms. The van der Waals surface area contributed by atoms with Crippen molar-refractivity contribution in [1.29, 1.82) is 0 Å². The van der Waals surface area contributed by atoms with Gasteiger partial charge in [0, 0.05) is 31.4 Å². The first-order valence-electron chi connectivity index (χ1n) is 10.1. The zero-order valence-corrected chi connectivity index (χ0v) is 17.6. The molecule has 0 amide bonds. The van der Waals surface area contributed by atoms with Crippen LogP contribution in [0.1, 0.15) is 24.8 Å². The van der Waals surface area contributed by atoms with Crippen LogP contribution >= 0.6 is 0 Å². The minimum atomic E-state index is -0.530. The van der Waals surface area contributed by atoms with E-state index in [0.717, 1.165) is 5.69 Å². The van der Waals surface area contributed by atoms with Crippen LogP contribution in [0.5, 0.6) is 0 Å². The minimum Gasteiger partial charge on any atom is -0.467 e. The molecule has 3 aromatic rings. The fourth-order valence-corrected chi connectivity index (χ4v) is 3.06. The number of ether oxygens (including phenoxy) is 1. The van der Waals surface area contributed by atoms with Crippen molar-refractivity contribution in [2.75, 3.05) is 29.9 Å². The number of nitrogens with zero attached hydrogens (tertiary/aromatic N) is 5. The smallest absolute Gasteiger partial charge is 0.353 e. The molecule has 11 heteroatoms. The van der Waals surface area contributed by atoms with Gasteiger partial charge in [0.05, 0.1) is 30.8 Å². The first kappa shape index (κ1) is 22.7. The van der Waals surface area contributed by atoms with Crippen LogP contribution in [0.2, 0.25) is 0 Å². The van der Waals surface area contributed by atoms with Gasteiger partial charge in [-0.05, 0) is 31.2 Å². The second-order valence-corrected chi connectivity index (χ2v) is 6.71. The Bertz CT molecular complexity index is 1010. The Kier molecular flexibility index (Phi) is 8.07. The third-order valence-corrected chi connectivity index (χ3v) is 4.50. The van der Waals surface area contributed by atoms with Crippen molar-refractivity contribution in [2.45, 2.75) is 26.3 Å². The molecule has 11 nitrogen and oxygen atoms in total.